The van der Waals surface area contributed by atoms with Crippen LogP contribution in [0.4, 0.5) is 0 Å². The normalized spacial score (nSPS) is 10.0. The van der Waals surface area contributed by atoms with Gasteiger partial charge in [-0.25, -0.2) is 0 Å². The molecular formula is C17H18N2O2S. The third kappa shape index (κ3) is 4.56. The van der Waals surface area contributed by atoms with Gasteiger partial charge in [0.1, 0.15) is 5.75 Å². The Morgan fingerprint density at radius 2 is 1.91 bits per heavy atom. The number of benzene rings is 2. The highest BCUT2D eigenvalue weighted by Gasteiger charge is 2.06. The first-order valence-electron chi connectivity index (χ1n) is 6.87. The second-order valence-corrected chi connectivity index (χ2v) is 5.40. The summed E-state index contributed by atoms with van der Waals surface area (Å²) >= 11 is 4.89. The van der Waals surface area contributed by atoms with Crippen molar-refractivity contribution in [1.29, 1.82) is 0 Å². The lowest BCUT2D eigenvalue weighted by Crippen LogP contribution is -2.23. The second-order valence-electron chi connectivity index (χ2n) is 4.87. The van der Waals surface area contributed by atoms with Crippen molar-refractivity contribution in [3.8, 4) is 5.75 Å². The van der Waals surface area contributed by atoms with Gasteiger partial charge in [-0.2, -0.15) is 0 Å². The number of amides is 1. The zero-order valence-corrected chi connectivity index (χ0v) is 13.2. The molecule has 0 fully saturated rings. The molecule has 0 atom stereocenters. The van der Waals surface area contributed by atoms with Crippen LogP contribution in [0, 0.1) is 0 Å². The fourth-order valence-corrected chi connectivity index (χ4v) is 2.22. The van der Waals surface area contributed by atoms with Crippen LogP contribution in [0.25, 0.3) is 0 Å². The number of ether oxygens (including phenoxy) is 1. The van der Waals surface area contributed by atoms with E-state index in [-0.39, 0.29) is 5.91 Å². The Balaban J connectivity index is 1.97. The Bertz CT molecular complexity index is 669. The number of carbonyl (C=O) groups excluding carboxylic acids is 1. The van der Waals surface area contributed by atoms with Crippen LogP contribution >= 0.6 is 12.2 Å². The Hall–Kier alpha value is -2.40. The van der Waals surface area contributed by atoms with Crippen molar-refractivity contribution in [2.45, 2.75) is 13.0 Å². The Morgan fingerprint density at radius 1 is 1.18 bits per heavy atom. The molecule has 114 valence electrons. The third-order valence-corrected chi connectivity index (χ3v) is 3.32. The van der Waals surface area contributed by atoms with Gasteiger partial charge in [0.2, 0.25) is 0 Å². The molecule has 3 N–H and O–H groups in total. The first-order valence-corrected chi connectivity index (χ1v) is 7.27. The number of nitrogens with one attached hydrogen (secondary N) is 1. The Kier molecular flexibility index (Phi) is 5.49. The summed E-state index contributed by atoms with van der Waals surface area (Å²) in [5.74, 6) is 0.668. The highest BCUT2D eigenvalue weighted by molar-refractivity contribution is 7.80. The van der Waals surface area contributed by atoms with Crippen molar-refractivity contribution in [3.05, 3.63) is 65.2 Å². The number of hydrogen-bond acceptors (Lipinski definition) is 3. The van der Waals surface area contributed by atoms with Gasteiger partial charge >= 0.3 is 0 Å². The molecule has 0 aliphatic rings. The fourth-order valence-electron chi connectivity index (χ4n) is 2.05. The molecule has 22 heavy (non-hydrogen) atoms. The maximum atomic E-state index is 12.2. The van der Waals surface area contributed by atoms with E-state index < -0.39 is 0 Å². The summed E-state index contributed by atoms with van der Waals surface area (Å²) in [6.07, 6.45) is 0.495. The molecule has 4 nitrogen and oxygen atoms in total. The molecule has 0 aromatic heterocycles. The molecule has 5 heteroatoms. The molecule has 0 aliphatic heterocycles. The van der Waals surface area contributed by atoms with E-state index >= 15 is 0 Å². The van der Waals surface area contributed by atoms with Gasteiger partial charge in [-0.15, -0.1) is 0 Å². The molecular weight excluding hydrogens is 296 g/mol. The summed E-state index contributed by atoms with van der Waals surface area (Å²) in [5, 5.41) is 2.89. The van der Waals surface area contributed by atoms with Gasteiger partial charge in [-0.1, -0.05) is 36.5 Å². The summed E-state index contributed by atoms with van der Waals surface area (Å²) in [6, 6.07) is 14.9. The molecule has 0 bridgehead atoms. The number of hydrogen-bond donors (Lipinski definition) is 2. The predicted octanol–water partition coefficient (Wildman–Crippen LogP) is 2.45. The molecule has 0 heterocycles. The topological polar surface area (TPSA) is 64.3 Å². The predicted molar refractivity (Wildman–Crippen MR) is 91.1 cm³/mol. The Morgan fingerprint density at radius 3 is 2.55 bits per heavy atom. The van der Waals surface area contributed by atoms with Crippen LogP contribution in [0.5, 0.6) is 5.75 Å². The van der Waals surface area contributed by atoms with Gasteiger partial charge in [0.25, 0.3) is 5.91 Å². The molecule has 1 amide bonds. The summed E-state index contributed by atoms with van der Waals surface area (Å²) in [5.41, 5.74) is 8.07. The van der Waals surface area contributed by atoms with E-state index in [4.69, 9.17) is 22.7 Å². The van der Waals surface area contributed by atoms with Crippen LogP contribution in [0.3, 0.4) is 0 Å². The van der Waals surface area contributed by atoms with E-state index in [0.717, 1.165) is 16.9 Å². The van der Waals surface area contributed by atoms with Gasteiger partial charge in [0, 0.05) is 18.5 Å². The Labute approximate surface area is 135 Å². The van der Waals surface area contributed by atoms with Crippen LogP contribution < -0.4 is 15.8 Å². The van der Waals surface area contributed by atoms with Crippen LogP contribution in [0.2, 0.25) is 0 Å². The number of rotatable bonds is 6. The number of methoxy groups -OCH3 is 1. The van der Waals surface area contributed by atoms with Gasteiger partial charge in [0.05, 0.1) is 12.1 Å². The fraction of sp³-hybridized carbons (Fsp3) is 0.176. The van der Waals surface area contributed by atoms with Gasteiger partial charge in [0.15, 0.2) is 0 Å². The summed E-state index contributed by atoms with van der Waals surface area (Å²) in [7, 11) is 1.62. The maximum Gasteiger partial charge on any atom is 0.251 e. The number of thiocarbonyl (C=S) groups is 1. The van der Waals surface area contributed by atoms with Crippen LogP contribution in [-0.4, -0.2) is 18.0 Å². The van der Waals surface area contributed by atoms with Gasteiger partial charge < -0.3 is 15.8 Å². The molecule has 2 aromatic carbocycles. The lowest BCUT2D eigenvalue weighted by atomic mass is 10.1. The van der Waals surface area contributed by atoms with E-state index in [0.29, 0.717) is 23.5 Å². The second kappa shape index (κ2) is 7.56. The molecule has 0 saturated carbocycles. The highest BCUT2D eigenvalue weighted by Crippen LogP contribution is 2.11. The van der Waals surface area contributed by atoms with Crippen LogP contribution in [0.15, 0.2) is 48.5 Å². The van der Waals surface area contributed by atoms with Crippen LogP contribution in [0.1, 0.15) is 21.5 Å². The molecule has 0 aliphatic carbocycles. The summed E-state index contributed by atoms with van der Waals surface area (Å²) in [4.78, 5) is 12.6. The van der Waals surface area contributed by atoms with Gasteiger partial charge in [-0.3, -0.25) is 4.79 Å². The monoisotopic (exact) mass is 314 g/mol. The zero-order chi connectivity index (χ0) is 15.9. The lowest BCUT2D eigenvalue weighted by molar-refractivity contribution is 0.0951. The minimum atomic E-state index is -0.124. The average Bonchev–Trinajstić information content (AvgIpc) is 2.52. The van der Waals surface area contributed by atoms with E-state index in [1.165, 1.54) is 0 Å². The van der Waals surface area contributed by atoms with E-state index in [1.54, 1.807) is 13.2 Å². The number of nitrogens with two attached hydrogens (primary N) is 1. The SMILES string of the molecule is COc1ccc(CNC(=O)c2cccc(CC(N)=S)c2)cc1. The van der Waals surface area contributed by atoms with E-state index in [2.05, 4.69) is 5.32 Å². The maximum absolute atomic E-state index is 12.2. The van der Waals surface area contributed by atoms with Crippen molar-refractivity contribution in [1.82, 2.24) is 5.32 Å². The minimum absolute atomic E-state index is 0.124. The van der Waals surface area contributed by atoms with Crippen molar-refractivity contribution < 1.29 is 9.53 Å². The molecule has 0 radical (unpaired) electrons. The summed E-state index contributed by atoms with van der Waals surface area (Å²) < 4.78 is 5.10. The van der Waals surface area contributed by atoms with Crippen molar-refractivity contribution in [3.63, 3.8) is 0 Å². The number of carbonyl (C=O) groups is 1. The highest BCUT2D eigenvalue weighted by atomic mass is 32.1. The smallest absolute Gasteiger partial charge is 0.251 e. The van der Waals surface area contributed by atoms with E-state index in [9.17, 15) is 4.79 Å². The minimum Gasteiger partial charge on any atom is -0.497 e. The van der Waals surface area contributed by atoms with Crippen LogP contribution in [-0.2, 0) is 13.0 Å². The molecule has 2 rings (SSSR count). The van der Waals surface area contributed by atoms with Crippen molar-refractivity contribution >= 4 is 23.1 Å². The largest absolute Gasteiger partial charge is 0.497 e. The lowest BCUT2D eigenvalue weighted by Gasteiger charge is -2.08. The first kappa shape index (κ1) is 16.0. The average molecular weight is 314 g/mol. The standard InChI is InChI=1S/C17H18N2O2S/c1-21-15-7-5-12(6-8-15)11-19-17(20)14-4-2-3-13(9-14)10-16(18)22/h2-9H,10-11H2,1H3,(H2,18,22)(H,19,20). The van der Waals surface area contributed by atoms with Crippen molar-refractivity contribution in [2.24, 2.45) is 5.73 Å². The summed E-state index contributed by atoms with van der Waals surface area (Å²) in [6.45, 7) is 0.461. The molecule has 0 spiro atoms. The molecule has 0 unspecified atom stereocenters. The zero-order valence-electron chi connectivity index (χ0n) is 12.3. The molecule has 0 saturated heterocycles. The first-order chi connectivity index (χ1) is 10.6. The van der Waals surface area contributed by atoms with Crippen molar-refractivity contribution in [2.75, 3.05) is 7.11 Å². The molecule has 2 aromatic rings. The quantitative estimate of drug-likeness (QED) is 0.804. The van der Waals surface area contributed by atoms with Gasteiger partial charge in [-0.05, 0) is 35.4 Å². The third-order valence-electron chi connectivity index (χ3n) is 3.18. The van der Waals surface area contributed by atoms with E-state index in [1.807, 2.05) is 42.5 Å².